The van der Waals surface area contributed by atoms with Crippen molar-refractivity contribution in [3.8, 4) is 11.5 Å². The molecule has 0 saturated carbocycles. The van der Waals surface area contributed by atoms with Crippen LogP contribution in [0.2, 0.25) is 0 Å². The molecule has 1 amide bonds. The van der Waals surface area contributed by atoms with Crippen LogP contribution in [0.1, 0.15) is 12.0 Å². The Morgan fingerprint density at radius 1 is 0.935 bits per heavy atom. The molecule has 2 heterocycles. The summed E-state index contributed by atoms with van der Waals surface area (Å²) in [5.74, 6) is 0.640. The lowest BCUT2D eigenvalue weighted by molar-refractivity contribution is -0.148. The number of esters is 1. The van der Waals surface area contributed by atoms with Gasteiger partial charge in [0.1, 0.15) is 0 Å². The Hall–Kier alpha value is -3.48. The van der Waals surface area contributed by atoms with Gasteiger partial charge in [-0.05, 0) is 35.9 Å². The smallest absolute Gasteiger partial charge is 0.331 e. The second-order valence-electron chi connectivity index (χ2n) is 7.40. The number of nitrogens with zero attached hydrogens (tertiary/aromatic N) is 2. The number of carbonyl (C=O) groups is 2. The van der Waals surface area contributed by atoms with E-state index in [1.807, 2.05) is 36.4 Å². The third-order valence-electron chi connectivity index (χ3n) is 5.28. The third-order valence-corrected chi connectivity index (χ3v) is 5.28. The molecule has 0 aliphatic carbocycles. The van der Waals surface area contributed by atoms with Crippen LogP contribution in [0.5, 0.6) is 11.5 Å². The maximum Gasteiger partial charge on any atom is 0.331 e. The molecule has 2 aliphatic heterocycles. The topological polar surface area (TPSA) is 68.3 Å². The molecule has 7 heteroatoms. The van der Waals surface area contributed by atoms with Gasteiger partial charge in [0.2, 0.25) is 0 Å². The number of rotatable bonds is 5. The highest BCUT2D eigenvalue weighted by Crippen LogP contribution is 2.30. The van der Waals surface area contributed by atoms with Gasteiger partial charge in [0, 0.05) is 44.4 Å². The van der Waals surface area contributed by atoms with Crippen molar-refractivity contribution in [1.29, 1.82) is 0 Å². The summed E-state index contributed by atoms with van der Waals surface area (Å²) in [6.45, 7) is 3.71. The van der Waals surface area contributed by atoms with Gasteiger partial charge >= 0.3 is 5.97 Å². The molecule has 7 nitrogen and oxygen atoms in total. The van der Waals surface area contributed by atoms with E-state index in [1.54, 1.807) is 11.0 Å². The molecule has 31 heavy (non-hydrogen) atoms. The van der Waals surface area contributed by atoms with E-state index in [4.69, 9.17) is 14.2 Å². The van der Waals surface area contributed by atoms with Crippen LogP contribution in [0.15, 0.2) is 54.6 Å². The van der Waals surface area contributed by atoms with Crippen molar-refractivity contribution >= 4 is 23.6 Å². The van der Waals surface area contributed by atoms with Crippen LogP contribution >= 0.6 is 0 Å². The summed E-state index contributed by atoms with van der Waals surface area (Å²) in [4.78, 5) is 28.4. The van der Waals surface area contributed by atoms with Crippen molar-refractivity contribution in [3.05, 3.63) is 60.2 Å². The van der Waals surface area contributed by atoms with Crippen molar-refractivity contribution in [2.24, 2.45) is 0 Å². The number of amides is 1. The third kappa shape index (κ3) is 5.57. The van der Waals surface area contributed by atoms with Crippen LogP contribution in [-0.2, 0) is 14.3 Å². The summed E-state index contributed by atoms with van der Waals surface area (Å²) in [6, 6.07) is 15.6. The van der Waals surface area contributed by atoms with Gasteiger partial charge in [-0.25, -0.2) is 4.79 Å². The highest BCUT2D eigenvalue weighted by molar-refractivity contribution is 5.89. The van der Waals surface area contributed by atoms with Gasteiger partial charge in [0.25, 0.3) is 5.91 Å². The number of hydrogen-bond acceptors (Lipinski definition) is 6. The quantitative estimate of drug-likeness (QED) is 0.545. The summed E-state index contributed by atoms with van der Waals surface area (Å²) in [7, 11) is 0. The van der Waals surface area contributed by atoms with E-state index in [9.17, 15) is 9.59 Å². The lowest BCUT2D eigenvalue weighted by atomic mass is 10.2. The van der Waals surface area contributed by atoms with E-state index in [0.717, 1.165) is 30.8 Å². The van der Waals surface area contributed by atoms with Gasteiger partial charge < -0.3 is 24.0 Å². The molecule has 0 unspecified atom stereocenters. The van der Waals surface area contributed by atoms with Gasteiger partial charge in [-0.3, -0.25) is 4.79 Å². The van der Waals surface area contributed by atoms with E-state index in [2.05, 4.69) is 17.0 Å². The van der Waals surface area contributed by atoms with Crippen LogP contribution in [0.4, 0.5) is 5.69 Å². The minimum atomic E-state index is -0.552. The Labute approximate surface area is 181 Å². The van der Waals surface area contributed by atoms with Crippen molar-refractivity contribution in [1.82, 2.24) is 4.90 Å². The molecule has 0 N–H and O–H groups in total. The number of benzene rings is 2. The van der Waals surface area contributed by atoms with Gasteiger partial charge in [-0.1, -0.05) is 24.3 Å². The molecular weight excluding hydrogens is 396 g/mol. The fourth-order valence-electron chi connectivity index (χ4n) is 3.57. The van der Waals surface area contributed by atoms with Crippen LogP contribution in [-0.4, -0.2) is 62.8 Å². The highest BCUT2D eigenvalue weighted by Gasteiger charge is 2.21. The first-order valence-corrected chi connectivity index (χ1v) is 10.5. The number of fused-ring (bicyclic) bond motifs is 1. The first kappa shape index (κ1) is 20.8. The van der Waals surface area contributed by atoms with E-state index in [1.165, 1.54) is 6.08 Å². The summed E-state index contributed by atoms with van der Waals surface area (Å²) >= 11 is 0. The summed E-state index contributed by atoms with van der Waals surface area (Å²) in [6.07, 6.45) is 3.79. The molecule has 0 atom stereocenters. The maximum atomic E-state index is 12.4. The van der Waals surface area contributed by atoms with E-state index < -0.39 is 5.97 Å². The van der Waals surface area contributed by atoms with Crippen LogP contribution < -0.4 is 14.4 Å². The fourth-order valence-corrected chi connectivity index (χ4v) is 3.57. The molecule has 2 aliphatic rings. The van der Waals surface area contributed by atoms with E-state index in [0.29, 0.717) is 37.8 Å². The second kappa shape index (κ2) is 10.0. The Balaban J connectivity index is 1.23. The highest BCUT2D eigenvalue weighted by atomic mass is 16.5. The van der Waals surface area contributed by atoms with Crippen LogP contribution in [0.3, 0.4) is 0 Å². The van der Waals surface area contributed by atoms with Crippen molar-refractivity contribution in [2.75, 3.05) is 50.9 Å². The molecule has 0 aromatic heterocycles. The first-order chi connectivity index (χ1) is 15.2. The number of piperazine rings is 1. The standard InChI is InChI=1S/C24H26N2O5/c27-23(26-13-11-25(12-14-26)20-5-2-1-3-6-20)18-31-24(28)10-8-19-7-9-21-22(17-19)30-16-4-15-29-21/h1-3,5-10,17H,4,11-16,18H2/b10-8+. The van der Waals surface area contributed by atoms with Crippen molar-refractivity contribution in [3.63, 3.8) is 0 Å². The van der Waals surface area contributed by atoms with Gasteiger partial charge in [0.05, 0.1) is 13.2 Å². The zero-order valence-corrected chi connectivity index (χ0v) is 17.4. The molecule has 0 bridgehead atoms. The van der Waals surface area contributed by atoms with Crippen LogP contribution in [0, 0.1) is 0 Å². The van der Waals surface area contributed by atoms with Crippen molar-refractivity contribution < 1.29 is 23.8 Å². The predicted octanol–water partition coefficient (Wildman–Crippen LogP) is 2.75. The Morgan fingerprint density at radius 3 is 2.45 bits per heavy atom. The number of para-hydroxylation sites is 1. The lowest BCUT2D eigenvalue weighted by Crippen LogP contribution is -2.49. The summed E-state index contributed by atoms with van der Waals surface area (Å²) in [5.41, 5.74) is 1.95. The lowest BCUT2D eigenvalue weighted by Gasteiger charge is -2.36. The summed E-state index contributed by atoms with van der Waals surface area (Å²) < 4.78 is 16.4. The number of anilines is 1. The normalized spacial score (nSPS) is 16.1. The zero-order valence-electron chi connectivity index (χ0n) is 17.4. The molecule has 0 radical (unpaired) electrons. The molecule has 4 rings (SSSR count). The maximum absolute atomic E-state index is 12.4. The van der Waals surface area contributed by atoms with Gasteiger partial charge in [-0.2, -0.15) is 0 Å². The molecule has 1 fully saturated rings. The fraction of sp³-hybridized carbons (Fsp3) is 0.333. The SMILES string of the molecule is O=C(/C=C/c1ccc2c(c1)OCCCO2)OCC(=O)N1CCN(c2ccccc2)CC1. The number of carbonyl (C=O) groups excluding carboxylic acids is 2. The van der Waals surface area contributed by atoms with E-state index in [-0.39, 0.29) is 12.5 Å². The molecule has 0 spiro atoms. The number of ether oxygens (including phenoxy) is 3. The minimum absolute atomic E-state index is 0.176. The monoisotopic (exact) mass is 422 g/mol. The molecule has 2 aromatic carbocycles. The van der Waals surface area contributed by atoms with Gasteiger partial charge in [0.15, 0.2) is 18.1 Å². The molecule has 1 saturated heterocycles. The van der Waals surface area contributed by atoms with Crippen molar-refractivity contribution in [2.45, 2.75) is 6.42 Å². The average Bonchev–Trinajstić information content (AvgIpc) is 3.07. The predicted molar refractivity (Wildman–Crippen MR) is 117 cm³/mol. The first-order valence-electron chi connectivity index (χ1n) is 10.5. The van der Waals surface area contributed by atoms with E-state index >= 15 is 0 Å². The molecule has 2 aromatic rings. The second-order valence-corrected chi connectivity index (χ2v) is 7.40. The summed E-state index contributed by atoms with van der Waals surface area (Å²) in [5, 5.41) is 0. The molecule has 162 valence electrons. The Kier molecular flexibility index (Phi) is 6.72. The van der Waals surface area contributed by atoms with Crippen LogP contribution in [0.25, 0.3) is 6.08 Å². The Morgan fingerprint density at radius 2 is 1.68 bits per heavy atom. The average molecular weight is 422 g/mol. The molecular formula is C24H26N2O5. The minimum Gasteiger partial charge on any atom is -0.490 e. The van der Waals surface area contributed by atoms with Gasteiger partial charge in [-0.15, -0.1) is 0 Å². The zero-order chi connectivity index (χ0) is 21.5. The largest absolute Gasteiger partial charge is 0.490 e. The number of hydrogen-bond donors (Lipinski definition) is 0. The Bertz CT molecular complexity index is 936.